The minimum absolute atomic E-state index is 0.00856. The van der Waals surface area contributed by atoms with Gasteiger partial charge in [0.25, 0.3) is 5.69 Å². The van der Waals surface area contributed by atoms with Gasteiger partial charge in [-0.15, -0.1) is 5.10 Å². The van der Waals surface area contributed by atoms with Gasteiger partial charge in [0.15, 0.2) is 0 Å². The van der Waals surface area contributed by atoms with Crippen LogP contribution >= 0.6 is 15.9 Å². The van der Waals surface area contributed by atoms with E-state index in [0.717, 1.165) is 0 Å². The lowest BCUT2D eigenvalue weighted by Gasteiger charge is -2.05. The van der Waals surface area contributed by atoms with Gasteiger partial charge in [0.1, 0.15) is 5.69 Å². The van der Waals surface area contributed by atoms with Crippen molar-refractivity contribution in [3.8, 4) is 5.69 Å². The van der Waals surface area contributed by atoms with E-state index in [1.54, 1.807) is 13.0 Å². The van der Waals surface area contributed by atoms with E-state index in [-0.39, 0.29) is 12.3 Å². The second-order valence-corrected chi connectivity index (χ2v) is 4.51. The molecule has 8 heteroatoms. The third kappa shape index (κ3) is 2.24. The van der Waals surface area contributed by atoms with Crippen molar-refractivity contribution >= 4 is 21.6 Å². The van der Waals surface area contributed by atoms with Crippen LogP contribution in [0, 0.1) is 17.0 Å². The molecule has 2 rings (SSSR count). The van der Waals surface area contributed by atoms with Crippen LogP contribution in [-0.2, 0) is 6.61 Å². The number of hydrogen-bond donors (Lipinski definition) is 1. The summed E-state index contributed by atoms with van der Waals surface area (Å²) in [5.74, 6) is 0. The number of benzene rings is 1. The Labute approximate surface area is 110 Å². The summed E-state index contributed by atoms with van der Waals surface area (Å²) in [5.41, 5.74) is 1.46. The predicted octanol–water partition coefficient (Wildman–Crippen LogP) is 1.74. The van der Waals surface area contributed by atoms with Crippen molar-refractivity contribution in [1.82, 2.24) is 15.0 Å². The van der Waals surface area contributed by atoms with Crippen molar-refractivity contribution in [3.63, 3.8) is 0 Å². The van der Waals surface area contributed by atoms with Crippen LogP contribution in [0.3, 0.4) is 0 Å². The van der Waals surface area contributed by atoms with Gasteiger partial charge in [0, 0.05) is 16.1 Å². The summed E-state index contributed by atoms with van der Waals surface area (Å²) >= 11 is 3.32. The summed E-state index contributed by atoms with van der Waals surface area (Å²) in [6, 6.07) is 3.06. The van der Waals surface area contributed by atoms with E-state index in [0.29, 0.717) is 21.4 Å². The maximum Gasteiger partial charge on any atom is 0.274 e. The van der Waals surface area contributed by atoms with Gasteiger partial charge < -0.3 is 5.11 Å². The Morgan fingerprint density at radius 3 is 2.83 bits per heavy atom. The molecule has 0 aliphatic heterocycles. The fourth-order valence-electron chi connectivity index (χ4n) is 1.51. The highest BCUT2D eigenvalue weighted by molar-refractivity contribution is 9.10. The molecule has 1 aromatic carbocycles. The number of nitro benzene ring substituents is 1. The van der Waals surface area contributed by atoms with E-state index >= 15 is 0 Å². The molecule has 0 saturated carbocycles. The molecule has 0 fully saturated rings. The number of nitrogens with zero attached hydrogens (tertiary/aromatic N) is 4. The SMILES string of the molecule is Cc1cc(Br)c(-n2cc(CO)nn2)cc1[N+](=O)[O-]. The zero-order chi connectivity index (χ0) is 13.3. The van der Waals surface area contributed by atoms with Gasteiger partial charge in [-0.3, -0.25) is 10.1 Å². The number of aryl methyl sites for hydroxylation is 1. The third-order valence-electron chi connectivity index (χ3n) is 2.41. The van der Waals surface area contributed by atoms with Gasteiger partial charge in [-0.25, -0.2) is 4.68 Å². The number of rotatable bonds is 3. The molecule has 0 amide bonds. The molecule has 0 unspecified atom stereocenters. The van der Waals surface area contributed by atoms with Crippen LogP contribution in [-0.4, -0.2) is 25.0 Å². The van der Waals surface area contributed by atoms with Gasteiger partial charge in [0.2, 0.25) is 0 Å². The molecule has 1 N–H and O–H groups in total. The lowest BCUT2D eigenvalue weighted by Crippen LogP contribution is -2.00. The average Bonchev–Trinajstić information content (AvgIpc) is 2.77. The minimum Gasteiger partial charge on any atom is -0.390 e. The first kappa shape index (κ1) is 12.7. The zero-order valence-electron chi connectivity index (χ0n) is 9.37. The van der Waals surface area contributed by atoms with Crippen molar-refractivity contribution in [3.05, 3.63) is 44.2 Å². The van der Waals surface area contributed by atoms with E-state index in [1.165, 1.54) is 16.9 Å². The van der Waals surface area contributed by atoms with E-state index in [4.69, 9.17) is 5.11 Å². The highest BCUT2D eigenvalue weighted by Crippen LogP contribution is 2.29. The normalized spacial score (nSPS) is 10.6. The monoisotopic (exact) mass is 312 g/mol. The first-order valence-corrected chi connectivity index (χ1v) is 5.79. The summed E-state index contributed by atoms with van der Waals surface area (Å²) in [5, 5.41) is 27.3. The number of aliphatic hydroxyl groups is 1. The van der Waals surface area contributed by atoms with Crippen LogP contribution in [0.4, 0.5) is 5.69 Å². The Balaban J connectivity index is 2.56. The van der Waals surface area contributed by atoms with Crippen molar-refractivity contribution in [2.45, 2.75) is 13.5 Å². The lowest BCUT2D eigenvalue weighted by atomic mass is 10.2. The summed E-state index contributed by atoms with van der Waals surface area (Å²) in [7, 11) is 0. The highest BCUT2D eigenvalue weighted by Gasteiger charge is 2.16. The molecule has 18 heavy (non-hydrogen) atoms. The molecule has 1 heterocycles. The molecule has 0 aliphatic rings. The second-order valence-electron chi connectivity index (χ2n) is 3.66. The Morgan fingerprint density at radius 2 is 2.28 bits per heavy atom. The second kappa shape index (κ2) is 4.83. The molecule has 0 spiro atoms. The summed E-state index contributed by atoms with van der Waals surface area (Å²) in [6.07, 6.45) is 1.51. The summed E-state index contributed by atoms with van der Waals surface area (Å²) in [6.45, 7) is 1.43. The van der Waals surface area contributed by atoms with Crippen molar-refractivity contribution < 1.29 is 10.0 Å². The quantitative estimate of drug-likeness (QED) is 0.688. The molecular weight excluding hydrogens is 304 g/mol. The molecule has 0 atom stereocenters. The third-order valence-corrected chi connectivity index (χ3v) is 3.05. The van der Waals surface area contributed by atoms with Gasteiger partial charge in [-0.05, 0) is 28.9 Å². The Kier molecular flexibility index (Phi) is 3.39. The van der Waals surface area contributed by atoms with E-state index in [1.807, 2.05) is 0 Å². The van der Waals surface area contributed by atoms with Crippen LogP contribution in [0.25, 0.3) is 5.69 Å². The maximum absolute atomic E-state index is 10.9. The van der Waals surface area contributed by atoms with E-state index < -0.39 is 4.92 Å². The number of halogens is 1. The summed E-state index contributed by atoms with van der Waals surface area (Å²) < 4.78 is 2.04. The lowest BCUT2D eigenvalue weighted by molar-refractivity contribution is -0.385. The van der Waals surface area contributed by atoms with Gasteiger partial charge >= 0.3 is 0 Å². The topological polar surface area (TPSA) is 94.1 Å². The van der Waals surface area contributed by atoms with Crippen LogP contribution < -0.4 is 0 Å². The molecular formula is C10H9BrN4O3. The molecule has 94 valence electrons. The van der Waals surface area contributed by atoms with Gasteiger partial charge in [-0.2, -0.15) is 0 Å². The molecule has 2 aromatic rings. The first-order valence-electron chi connectivity index (χ1n) is 5.00. The standard InChI is InChI=1S/C10H9BrN4O3/c1-6-2-8(11)10(3-9(6)15(17)18)14-4-7(5-16)12-13-14/h2-4,16H,5H2,1H3. The summed E-state index contributed by atoms with van der Waals surface area (Å²) in [4.78, 5) is 10.4. The zero-order valence-corrected chi connectivity index (χ0v) is 11.0. The molecule has 1 aromatic heterocycles. The predicted molar refractivity (Wildman–Crippen MR) is 66.4 cm³/mol. The fraction of sp³-hybridized carbons (Fsp3) is 0.200. The van der Waals surface area contributed by atoms with Crippen LogP contribution in [0.15, 0.2) is 22.8 Å². The first-order chi connectivity index (χ1) is 8.52. The van der Waals surface area contributed by atoms with E-state index in [9.17, 15) is 10.1 Å². The molecule has 0 aliphatic carbocycles. The number of aliphatic hydroxyl groups excluding tert-OH is 1. The van der Waals surface area contributed by atoms with Crippen LogP contribution in [0.1, 0.15) is 11.3 Å². The van der Waals surface area contributed by atoms with Crippen LogP contribution in [0.2, 0.25) is 0 Å². The number of nitro groups is 1. The minimum atomic E-state index is -0.449. The van der Waals surface area contributed by atoms with E-state index in [2.05, 4.69) is 26.2 Å². The average molecular weight is 313 g/mol. The molecule has 7 nitrogen and oxygen atoms in total. The number of aromatic nitrogens is 3. The molecule has 0 bridgehead atoms. The maximum atomic E-state index is 10.9. The van der Waals surface area contributed by atoms with Crippen molar-refractivity contribution in [2.75, 3.05) is 0 Å². The Bertz CT molecular complexity index is 611. The van der Waals surface area contributed by atoms with Gasteiger partial charge in [-0.1, -0.05) is 5.21 Å². The van der Waals surface area contributed by atoms with Crippen molar-refractivity contribution in [2.24, 2.45) is 0 Å². The fourth-order valence-corrected chi connectivity index (χ4v) is 2.15. The Hall–Kier alpha value is -1.80. The molecule has 0 radical (unpaired) electrons. The highest BCUT2D eigenvalue weighted by atomic mass is 79.9. The van der Waals surface area contributed by atoms with Crippen molar-refractivity contribution in [1.29, 1.82) is 0 Å². The van der Waals surface area contributed by atoms with Gasteiger partial charge in [0.05, 0.1) is 23.4 Å². The van der Waals surface area contributed by atoms with Crippen LogP contribution in [0.5, 0.6) is 0 Å². The Morgan fingerprint density at radius 1 is 1.56 bits per heavy atom. The smallest absolute Gasteiger partial charge is 0.274 e. The number of hydrogen-bond acceptors (Lipinski definition) is 5. The largest absolute Gasteiger partial charge is 0.390 e. The molecule has 0 saturated heterocycles.